The van der Waals surface area contributed by atoms with Crippen molar-refractivity contribution in [1.29, 1.82) is 0 Å². The van der Waals surface area contributed by atoms with Gasteiger partial charge >= 0.3 is 29.6 Å². The predicted molar refractivity (Wildman–Crippen MR) is 12.2 cm³/mol. The van der Waals surface area contributed by atoms with E-state index in [1.165, 1.54) is 0 Å². The van der Waals surface area contributed by atoms with Crippen LogP contribution in [0, 0.1) is 0 Å². The fourth-order valence-corrected chi connectivity index (χ4v) is 0. The van der Waals surface area contributed by atoms with Crippen molar-refractivity contribution < 1.29 is 43.6 Å². The van der Waals surface area contributed by atoms with Gasteiger partial charge in [-0.25, -0.2) is 0 Å². The molecule has 0 amide bonds. The minimum Gasteiger partial charge on any atom is -0.672 e. The van der Waals surface area contributed by atoms with Crippen molar-refractivity contribution in [3.05, 3.63) is 0 Å². The van der Waals surface area contributed by atoms with Crippen molar-refractivity contribution in [3.8, 4) is 0 Å². The van der Waals surface area contributed by atoms with Crippen LogP contribution in [0.3, 0.4) is 0 Å². The van der Waals surface area contributed by atoms with E-state index in [9.17, 15) is 0 Å². The van der Waals surface area contributed by atoms with Gasteiger partial charge < -0.3 is 14.1 Å². The van der Waals surface area contributed by atoms with E-state index in [1.807, 2.05) is 0 Å². The molecular weight excluding hydrogens is 306 g/mol. The zero-order valence-electron chi connectivity index (χ0n) is 3.22. The van der Waals surface area contributed by atoms with Gasteiger partial charge in [-0.05, 0) is 0 Å². The molecule has 0 aliphatic heterocycles. The Kier molecular flexibility index (Phi) is 25.4. The molecular formula is NaO3PbSi-. The summed E-state index contributed by atoms with van der Waals surface area (Å²) in [5, 5.41) is 0. The molecule has 0 aromatic rings. The Bertz CT molecular complexity index is 33.8. The summed E-state index contributed by atoms with van der Waals surface area (Å²) in [5.74, 6) is 0. The summed E-state index contributed by atoms with van der Waals surface area (Å²) in [7, 11) is -3.63. The van der Waals surface area contributed by atoms with Crippen LogP contribution in [0.2, 0.25) is 0 Å². The van der Waals surface area contributed by atoms with E-state index in [0.29, 0.717) is 0 Å². The zero-order valence-corrected chi connectivity index (χ0v) is 10.1. The second kappa shape index (κ2) is 9.74. The molecule has 0 bridgehead atoms. The molecule has 4 radical (unpaired) electrons. The summed E-state index contributed by atoms with van der Waals surface area (Å²) >= 11 is 0. The molecule has 0 saturated carbocycles. The maximum absolute atomic E-state index is 8.52. The van der Waals surface area contributed by atoms with Gasteiger partial charge in [0, 0.05) is 36.5 Å². The molecule has 3 nitrogen and oxygen atoms in total. The molecule has 0 N–H and O–H groups in total. The second-order valence-corrected chi connectivity index (χ2v) is 0.750. The maximum Gasteiger partial charge on any atom is 1.00 e. The normalized spacial score (nSPS) is 4.00. The van der Waals surface area contributed by atoms with Crippen LogP contribution in [0.4, 0.5) is 0 Å². The number of rotatable bonds is 0. The van der Waals surface area contributed by atoms with Crippen LogP contribution in [0.1, 0.15) is 0 Å². The minimum atomic E-state index is -3.63. The molecule has 0 fully saturated rings. The van der Waals surface area contributed by atoms with Crippen LogP contribution in [-0.4, -0.2) is 36.5 Å². The molecule has 0 aromatic carbocycles. The van der Waals surface area contributed by atoms with Gasteiger partial charge in [0.15, 0.2) is 0 Å². The molecule has 6 heavy (non-hydrogen) atoms. The Morgan fingerprint density at radius 3 is 1.33 bits per heavy atom. The molecule has 0 spiro atoms. The average Bonchev–Trinajstić information content (AvgIpc) is 0.811. The largest absolute Gasteiger partial charge is 1.00 e. The summed E-state index contributed by atoms with van der Waals surface area (Å²) in [6, 6.07) is 0. The topological polar surface area (TPSA) is 63.2 Å². The van der Waals surface area contributed by atoms with E-state index in [2.05, 4.69) is 0 Å². The number of hydrogen-bond donors (Lipinski definition) is 0. The molecule has 0 unspecified atom stereocenters. The van der Waals surface area contributed by atoms with Gasteiger partial charge in [-0.3, -0.25) is 0 Å². The smallest absolute Gasteiger partial charge is 0.672 e. The quantitative estimate of drug-likeness (QED) is 0.418. The van der Waals surface area contributed by atoms with Gasteiger partial charge in [0.25, 0.3) is 0 Å². The van der Waals surface area contributed by atoms with E-state index in [0.717, 1.165) is 0 Å². The van der Waals surface area contributed by atoms with Crippen LogP contribution >= 0.6 is 0 Å². The number of hydrogen-bond acceptors (Lipinski definition) is 3. The molecule has 0 aromatic heterocycles. The van der Waals surface area contributed by atoms with E-state index >= 15 is 0 Å². The van der Waals surface area contributed by atoms with Crippen molar-refractivity contribution in [2.24, 2.45) is 0 Å². The first kappa shape index (κ1) is 15.6. The van der Waals surface area contributed by atoms with Crippen molar-refractivity contribution >= 4 is 36.5 Å². The standard InChI is InChI=1S/Na.O3Si.Pb/c;1-4(2)3;/q+1;-2;. The first-order valence-electron chi connectivity index (χ1n) is 0.612. The van der Waals surface area contributed by atoms with Crippen LogP contribution in [-0.2, 0) is 4.46 Å². The third-order valence-electron chi connectivity index (χ3n) is 0. The van der Waals surface area contributed by atoms with Crippen molar-refractivity contribution in [1.82, 2.24) is 0 Å². The zero-order chi connectivity index (χ0) is 3.58. The first-order valence-corrected chi connectivity index (χ1v) is 1.84. The summed E-state index contributed by atoms with van der Waals surface area (Å²) in [5.41, 5.74) is 0. The Morgan fingerprint density at radius 1 is 1.33 bits per heavy atom. The van der Waals surface area contributed by atoms with Crippen molar-refractivity contribution in [2.45, 2.75) is 0 Å². The predicted octanol–water partition coefficient (Wildman–Crippen LogP) is -6.25. The van der Waals surface area contributed by atoms with Crippen LogP contribution in [0.15, 0.2) is 0 Å². The van der Waals surface area contributed by atoms with E-state index in [4.69, 9.17) is 14.1 Å². The molecule has 6 heteroatoms. The minimum absolute atomic E-state index is 0. The molecule has 28 valence electrons. The third kappa shape index (κ3) is 48.2. The van der Waals surface area contributed by atoms with Gasteiger partial charge in [-0.1, -0.05) is 0 Å². The fourth-order valence-electron chi connectivity index (χ4n) is 0. The monoisotopic (exact) mass is 307 g/mol. The SMILES string of the molecule is O=[Si]([O-])[O-].[Na+].[Pb]. The second-order valence-electron chi connectivity index (χ2n) is 0.250. The summed E-state index contributed by atoms with van der Waals surface area (Å²) < 4.78 is 8.52. The van der Waals surface area contributed by atoms with Crippen LogP contribution < -0.4 is 39.1 Å². The Morgan fingerprint density at radius 2 is 1.33 bits per heavy atom. The van der Waals surface area contributed by atoms with Gasteiger partial charge in [-0.2, -0.15) is 0 Å². The maximum atomic E-state index is 8.52. The third-order valence-corrected chi connectivity index (χ3v) is 0. The Balaban J connectivity index is -0.0000000450. The van der Waals surface area contributed by atoms with Crippen LogP contribution in [0.5, 0.6) is 0 Å². The fraction of sp³-hybridized carbons (Fsp3) is 0. The van der Waals surface area contributed by atoms with Gasteiger partial charge in [0.05, 0.1) is 0 Å². The average molecular weight is 306 g/mol. The Hall–Kier alpha value is 1.54. The molecule has 0 heterocycles. The van der Waals surface area contributed by atoms with Gasteiger partial charge in [-0.15, -0.1) is 0 Å². The van der Waals surface area contributed by atoms with E-state index < -0.39 is 9.17 Å². The Labute approximate surface area is 79.1 Å². The first-order chi connectivity index (χ1) is 1.73. The van der Waals surface area contributed by atoms with Crippen LogP contribution in [0.25, 0.3) is 0 Å². The van der Waals surface area contributed by atoms with Crippen molar-refractivity contribution in [2.75, 3.05) is 0 Å². The molecule has 0 aliphatic rings. The molecule has 0 atom stereocenters. The van der Waals surface area contributed by atoms with Crippen molar-refractivity contribution in [3.63, 3.8) is 0 Å². The molecule has 0 rings (SSSR count). The summed E-state index contributed by atoms with van der Waals surface area (Å²) in [6.07, 6.45) is 0. The van der Waals surface area contributed by atoms with Gasteiger partial charge in [0.2, 0.25) is 0 Å². The molecule has 0 saturated heterocycles. The summed E-state index contributed by atoms with van der Waals surface area (Å²) in [6.45, 7) is 0. The van der Waals surface area contributed by atoms with E-state index in [1.54, 1.807) is 0 Å². The summed E-state index contributed by atoms with van der Waals surface area (Å²) in [4.78, 5) is 17.0. The van der Waals surface area contributed by atoms with Gasteiger partial charge in [0.1, 0.15) is 0 Å². The van der Waals surface area contributed by atoms with E-state index in [-0.39, 0.29) is 56.9 Å². The molecule has 0 aliphatic carbocycles.